The monoisotopic (exact) mass is 1590 g/mol. The Morgan fingerprint density at radius 1 is 0.476 bits per heavy atom. The van der Waals surface area contributed by atoms with E-state index in [0.717, 1.165) is 33.2 Å². The molecular formula is C17H48BBrK2NaO10S31. The van der Waals surface area contributed by atoms with Crippen molar-refractivity contribution in [3.8, 4) is 0 Å². The van der Waals surface area contributed by atoms with Crippen LogP contribution in [0.2, 0.25) is 0 Å². The van der Waals surface area contributed by atoms with Crippen LogP contribution in [0.25, 0.3) is 0 Å². The molecule has 375 valence electrons. The van der Waals surface area contributed by atoms with Crippen molar-refractivity contribution in [3.63, 3.8) is 0 Å². The van der Waals surface area contributed by atoms with E-state index in [2.05, 4.69) is 109 Å². The summed E-state index contributed by atoms with van der Waals surface area (Å²) >= 11 is 36.4. The summed E-state index contributed by atoms with van der Waals surface area (Å²) in [5.41, 5.74) is 0. The van der Waals surface area contributed by atoms with Crippen molar-refractivity contribution in [3.05, 3.63) is 0 Å². The minimum atomic E-state index is -0.181. The van der Waals surface area contributed by atoms with E-state index in [1.165, 1.54) is 78.0 Å². The molecule has 3 radical (unpaired) electrons. The van der Waals surface area contributed by atoms with E-state index in [9.17, 15) is 0 Å². The summed E-state index contributed by atoms with van der Waals surface area (Å²) in [4.78, 5) is 20.1. The van der Waals surface area contributed by atoms with Crippen LogP contribution in [0.5, 0.6) is 0 Å². The quantitative estimate of drug-likeness (QED) is 0.106. The van der Waals surface area contributed by atoms with E-state index in [4.69, 9.17) is 30.2 Å². The van der Waals surface area contributed by atoms with E-state index in [1.54, 1.807) is 168 Å². The minimum absolute atomic E-state index is 0. The Morgan fingerprint density at radius 2 is 0.571 bits per heavy atom. The van der Waals surface area contributed by atoms with Gasteiger partial charge in [-0.1, -0.05) is 0 Å². The summed E-state index contributed by atoms with van der Waals surface area (Å²) < 4.78 is 13.6. The average Bonchev–Trinajstić information content (AvgIpc) is 3.26. The van der Waals surface area contributed by atoms with Gasteiger partial charge in [-0.2, -0.15) is 0 Å². The van der Waals surface area contributed by atoms with Crippen LogP contribution in [-0.2, 0) is 322 Å². The fourth-order valence-corrected chi connectivity index (χ4v) is 41.3. The van der Waals surface area contributed by atoms with Gasteiger partial charge < -0.3 is 47.3 Å². The number of hydrogen-bond donors (Lipinski definition) is 3. The molecule has 0 amide bonds. The molecule has 0 aromatic carbocycles. The normalized spacial score (nSPS) is 5.81. The Morgan fingerprint density at radius 3 is 0.619 bits per heavy atom. The Labute approximate surface area is 604 Å². The molecule has 0 aliphatic heterocycles. The summed E-state index contributed by atoms with van der Waals surface area (Å²) in [7, 11) is 41.1. The van der Waals surface area contributed by atoms with Crippen LogP contribution >= 0.6 is 17.0 Å². The number of rotatable bonds is 4. The van der Waals surface area contributed by atoms with Gasteiger partial charge in [0, 0.05) is 364 Å². The molecule has 0 saturated carbocycles. The van der Waals surface area contributed by atoms with Crippen LogP contribution in [0.4, 0.5) is 0 Å². The Hall–Kier alpha value is 10.5. The maximum absolute atomic E-state index is 8.81. The second-order valence-corrected chi connectivity index (χ2v) is 45.0. The number of aliphatic hydroxyl groups is 3. The molecule has 0 aliphatic rings. The SMILES string of the molecule is Br.CC=O.CCO.CCO.CCOC.CCOC.CCOC.CO.O=CO[O-].S=S=S=S.S=S=S=S=S=S=S=S.S=S=S=S=S=S=S=S=S.S=S=S=S=S=S=S=S=S=S.[B].[H-].[H-].[K+].[K+].[Na+]. The second-order valence-electron chi connectivity index (χ2n) is 4.36. The molecule has 0 aliphatic carbocycles. The third-order valence-corrected chi connectivity index (χ3v) is 43.7. The van der Waals surface area contributed by atoms with Crippen molar-refractivity contribution in [1.82, 2.24) is 0 Å². The number of hydrogen-bond acceptors (Lipinski definition) is 18. The first-order valence-corrected chi connectivity index (χ1v) is 48.7. The van der Waals surface area contributed by atoms with Gasteiger partial charge in [-0.3, -0.25) is 4.79 Å². The largest absolute Gasteiger partial charge is 1.00 e. The maximum Gasteiger partial charge on any atom is 1.00 e. The van der Waals surface area contributed by atoms with E-state index in [-0.39, 0.29) is 180 Å². The molecule has 0 aromatic rings. The molecule has 0 aromatic heterocycles. The molecule has 0 bridgehead atoms. The first-order chi connectivity index (χ1) is 28.1. The van der Waals surface area contributed by atoms with E-state index in [0.29, 0.717) is 0 Å². The van der Waals surface area contributed by atoms with Crippen LogP contribution in [0.3, 0.4) is 0 Å². The molecule has 0 saturated heterocycles. The zero-order valence-corrected chi connectivity index (χ0v) is 70.8. The molecule has 0 heterocycles. The van der Waals surface area contributed by atoms with Gasteiger partial charge in [-0.15, -0.1) is 17.0 Å². The van der Waals surface area contributed by atoms with Crippen LogP contribution in [0.1, 0.15) is 44.4 Å². The van der Waals surface area contributed by atoms with E-state index >= 15 is 0 Å². The van der Waals surface area contributed by atoms with Crippen molar-refractivity contribution in [2.45, 2.75) is 41.5 Å². The Kier molecular flexibility index (Phi) is 360. The van der Waals surface area contributed by atoms with Gasteiger partial charge in [0.25, 0.3) is 6.47 Å². The van der Waals surface area contributed by atoms with Gasteiger partial charge in [0.1, 0.15) is 6.29 Å². The van der Waals surface area contributed by atoms with E-state index in [1.807, 2.05) is 20.8 Å². The predicted molar refractivity (Wildman–Crippen MR) is 352 cm³/mol. The number of methoxy groups -OCH3 is 3. The summed E-state index contributed by atoms with van der Waals surface area (Å²) in [5.74, 6) is 0. The average molecular weight is 1600 g/mol. The predicted octanol–water partition coefficient (Wildman–Crippen LogP) is -8.44. The molecule has 3 N–H and O–H groups in total. The molecule has 46 heteroatoms. The number of ether oxygens (including phenoxy) is 3. The molecular weight excluding hydrogens is 1550 g/mol. The summed E-state index contributed by atoms with van der Waals surface area (Å²) in [6.07, 6.45) is 0.750. The van der Waals surface area contributed by atoms with E-state index < -0.39 is 0 Å². The van der Waals surface area contributed by atoms with Crippen molar-refractivity contribution in [1.29, 1.82) is 0 Å². The van der Waals surface area contributed by atoms with Crippen molar-refractivity contribution < 1.29 is 184 Å². The van der Waals surface area contributed by atoms with Crippen LogP contribution < -0.4 is 138 Å². The minimum Gasteiger partial charge on any atom is -1.00 e. The fourth-order valence-electron chi connectivity index (χ4n) is 0.170. The van der Waals surface area contributed by atoms with Crippen molar-refractivity contribution >= 4 is 332 Å². The van der Waals surface area contributed by atoms with Crippen molar-refractivity contribution in [2.24, 2.45) is 0 Å². The second kappa shape index (κ2) is 187. The molecule has 0 rings (SSSR count). The fraction of sp³-hybridized carbons (Fsp3) is 0.882. The zero-order valence-electron chi connectivity index (χ0n) is 37.5. The molecule has 0 unspecified atom stereocenters. The standard InChI is InChI=1S/3C3H8O.2C2H6O.C2H4O.CH2O3.CH4O.B.BrH.2K.Na.S10.S9.S8.S4.2H/c3*1-3-4-2;3*1-2-3;2-1-4-3;1-2;;;;;;1-3-5-7-9-10-8-6-4-2;1-3-5-7-9-8-6-4-2;1-3-5-7-8-6-4-2;1-3-4-2;;/h3*3H2,1-2H3;2*3H,2H2,1H3;2H,1H3;1,3H;2H,1H3;;1H;;;;;;;;;/q;;;;;;;;;;3*+1;;;;;2*-1/p-1. The first kappa shape index (κ1) is 121. The number of aldehydes is 1. The van der Waals surface area contributed by atoms with Gasteiger partial charge >= 0.3 is 132 Å². The van der Waals surface area contributed by atoms with Gasteiger partial charge in [0.05, 0.1) is 0 Å². The zero-order chi connectivity index (χ0) is 48.0. The Bertz CT molecular complexity index is 1710. The van der Waals surface area contributed by atoms with Crippen molar-refractivity contribution in [2.75, 3.05) is 61.5 Å². The Balaban J connectivity index is -0.0000000213. The summed E-state index contributed by atoms with van der Waals surface area (Å²) in [5, 5.41) is 30.6. The number of halogens is 1. The van der Waals surface area contributed by atoms with Crippen LogP contribution in [0.15, 0.2) is 0 Å². The molecule has 10 nitrogen and oxygen atoms in total. The molecule has 63 heavy (non-hydrogen) atoms. The molecule has 0 spiro atoms. The molecule has 0 atom stereocenters. The van der Waals surface area contributed by atoms with Gasteiger partial charge in [-0.05, 0) is 41.5 Å². The number of aliphatic hydroxyl groups excluding tert-OH is 3. The molecule has 0 fully saturated rings. The summed E-state index contributed by atoms with van der Waals surface area (Å²) in [6.45, 7) is 13.5. The van der Waals surface area contributed by atoms with Gasteiger partial charge in [-0.25, -0.2) is 0 Å². The maximum atomic E-state index is 8.81. The van der Waals surface area contributed by atoms with Crippen LogP contribution in [0, 0.1) is 0 Å². The van der Waals surface area contributed by atoms with Crippen LogP contribution in [-0.4, -0.2) is 98.0 Å². The third-order valence-electron chi connectivity index (χ3n) is 1.43. The third kappa shape index (κ3) is 321. The first-order valence-electron chi connectivity index (χ1n) is 12.7. The number of carbonyl (C=O) groups excluding carboxylic acids is 2. The van der Waals surface area contributed by atoms with Gasteiger partial charge in [0.2, 0.25) is 0 Å². The topological polar surface area (TPSA) is 155 Å². The number of carbonyl (C=O) groups is 2. The van der Waals surface area contributed by atoms with Gasteiger partial charge in [0.15, 0.2) is 0 Å². The summed E-state index contributed by atoms with van der Waals surface area (Å²) in [6, 6.07) is 0. The smallest absolute Gasteiger partial charge is 1.00 e.